The van der Waals surface area contributed by atoms with Gasteiger partial charge in [0.05, 0.1) is 17.1 Å². The van der Waals surface area contributed by atoms with Crippen LogP contribution in [0.1, 0.15) is 5.56 Å². The first kappa shape index (κ1) is 16.7. The van der Waals surface area contributed by atoms with E-state index in [2.05, 4.69) is 4.98 Å². The van der Waals surface area contributed by atoms with Crippen LogP contribution in [0.15, 0.2) is 47.6 Å². The van der Waals surface area contributed by atoms with Crippen LogP contribution in [-0.2, 0) is 16.4 Å². The quantitative estimate of drug-likeness (QED) is 0.825. The number of anilines is 1. The Hall–Kier alpha value is -2.12. The van der Waals surface area contributed by atoms with E-state index in [1.807, 2.05) is 24.1 Å². The molecule has 0 aliphatic carbocycles. The fourth-order valence-corrected chi connectivity index (χ4v) is 3.82. The summed E-state index contributed by atoms with van der Waals surface area (Å²) in [7, 11) is 0.0122. The van der Waals surface area contributed by atoms with E-state index in [1.54, 1.807) is 37.6 Å². The first-order valence-electron chi connectivity index (χ1n) is 7.82. The molecule has 0 spiro atoms. The van der Waals surface area contributed by atoms with Gasteiger partial charge in [0.15, 0.2) is 0 Å². The van der Waals surface area contributed by atoms with Crippen LogP contribution >= 0.6 is 0 Å². The van der Waals surface area contributed by atoms with Gasteiger partial charge in [0.1, 0.15) is 12.4 Å². The number of rotatable bonds is 5. The van der Waals surface area contributed by atoms with Crippen molar-refractivity contribution in [2.45, 2.75) is 11.3 Å². The predicted molar refractivity (Wildman–Crippen MR) is 93.0 cm³/mol. The zero-order chi connectivity index (χ0) is 17.2. The van der Waals surface area contributed by atoms with Gasteiger partial charge in [0.25, 0.3) is 0 Å². The molecule has 1 aliphatic rings. The van der Waals surface area contributed by atoms with Crippen LogP contribution in [0.2, 0.25) is 0 Å². The lowest BCUT2D eigenvalue weighted by molar-refractivity contribution is 0.311. The molecule has 3 rings (SSSR count). The van der Waals surface area contributed by atoms with E-state index in [0.717, 1.165) is 23.5 Å². The van der Waals surface area contributed by atoms with Crippen molar-refractivity contribution in [3.63, 3.8) is 0 Å². The Morgan fingerprint density at radius 3 is 2.75 bits per heavy atom. The second kappa shape index (κ2) is 6.78. The highest BCUT2D eigenvalue weighted by Crippen LogP contribution is 2.33. The molecule has 0 atom stereocenters. The minimum atomic E-state index is -3.53. The summed E-state index contributed by atoms with van der Waals surface area (Å²) in [5.74, 6) is 0.724. The SMILES string of the molecule is CN1CCOc2ccc(S(=O)(=O)N(C)CCc3ccncc3)cc21. The zero-order valence-corrected chi connectivity index (χ0v) is 14.7. The number of hydrogen-bond acceptors (Lipinski definition) is 5. The van der Waals surface area contributed by atoms with E-state index in [1.165, 1.54) is 4.31 Å². The number of sulfonamides is 1. The first-order valence-corrected chi connectivity index (χ1v) is 9.26. The maximum absolute atomic E-state index is 12.8. The van der Waals surface area contributed by atoms with E-state index in [9.17, 15) is 8.42 Å². The van der Waals surface area contributed by atoms with Crippen molar-refractivity contribution < 1.29 is 13.2 Å². The molecule has 6 nitrogen and oxygen atoms in total. The van der Waals surface area contributed by atoms with Crippen LogP contribution in [0.4, 0.5) is 5.69 Å². The molecule has 7 heteroatoms. The Morgan fingerprint density at radius 2 is 2.00 bits per heavy atom. The van der Waals surface area contributed by atoms with Gasteiger partial charge in [-0.05, 0) is 42.3 Å². The summed E-state index contributed by atoms with van der Waals surface area (Å²) < 4.78 is 32.6. The minimum Gasteiger partial charge on any atom is -0.490 e. The van der Waals surface area contributed by atoms with Crippen LogP contribution in [-0.4, -0.2) is 51.5 Å². The van der Waals surface area contributed by atoms with Crippen LogP contribution < -0.4 is 9.64 Å². The van der Waals surface area contributed by atoms with Crippen molar-refractivity contribution in [1.29, 1.82) is 0 Å². The fourth-order valence-electron chi connectivity index (χ4n) is 2.63. The predicted octanol–water partition coefficient (Wildman–Crippen LogP) is 1.77. The van der Waals surface area contributed by atoms with Gasteiger partial charge < -0.3 is 9.64 Å². The molecule has 0 saturated carbocycles. The van der Waals surface area contributed by atoms with Crippen LogP contribution in [0.5, 0.6) is 5.75 Å². The molecule has 128 valence electrons. The van der Waals surface area contributed by atoms with Crippen molar-refractivity contribution in [3.8, 4) is 5.75 Å². The number of hydrogen-bond donors (Lipinski definition) is 0. The highest BCUT2D eigenvalue weighted by Gasteiger charge is 2.24. The van der Waals surface area contributed by atoms with Gasteiger partial charge in [0, 0.05) is 33.0 Å². The molecule has 1 aromatic heterocycles. The third-order valence-corrected chi connectivity index (χ3v) is 6.05. The average Bonchev–Trinajstić information content (AvgIpc) is 2.60. The third kappa shape index (κ3) is 3.37. The molecule has 0 radical (unpaired) electrons. The van der Waals surface area contributed by atoms with Crippen molar-refractivity contribution in [2.75, 3.05) is 38.7 Å². The summed E-state index contributed by atoms with van der Waals surface area (Å²) >= 11 is 0. The summed E-state index contributed by atoms with van der Waals surface area (Å²) in [5.41, 5.74) is 1.87. The van der Waals surface area contributed by atoms with E-state index in [0.29, 0.717) is 19.6 Å². The normalized spacial score (nSPS) is 14.4. The van der Waals surface area contributed by atoms with E-state index in [-0.39, 0.29) is 4.90 Å². The number of pyridine rings is 1. The van der Waals surface area contributed by atoms with E-state index >= 15 is 0 Å². The summed E-state index contributed by atoms with van der Waals surface area (Å²) in [4.78, 5) is 6.27. The summed E-state index contributed by atoms with van der Waals surface area (Å²) in [6.07, 6.45) is 4.07. The highest BCUT2D eigenvalue weighted by molar-refractivity contribution is 7.89. The Bertz CT molecular complexity index is 809. The Balaban J connectivity index is 1.78. The van der Waals surface area contributed by atoms with Crippen LogP contribution in [0.3, 0.4) is 0 Å². The lowest BCUT2D eigenvalue weighted by Crippen LogP contribution is -2.31. The van der Waals surface area contributed by atoms with Crippen molar-refractivity contribution in [1.82, 2.24) is 9.29 Å². The highest BCUT2D eigenvalue weighted by atomic mass is 32.2. The second-order valence-electron chi connectivity index (χ2n) is 5.83. The van der Waals surface area contributed by atoms with E-state index in [4.69, 9.17) is 4.74 Å². The Morgan fingerprint density at radius 1 is 1.25 bits per heavy atom. The van der Waals surface area contributed by atoms with Crippen LogP contribution in [0.25, 0.3) is 0 Å². The molecular formula is C17H21N3O3S. The number of nitrogens with zero attached hydrogens (tertiary/aromatic N) is 3. The summed E-state index contributed by atoms with van der Waals surface area (Å²) in [6.45, 7) is 1.77. The topological polar surface area (TPSA) is 62.7 Å². The van der Waals surface area contributed by atoms with Crippen molar-refractivity contribution in [2.24, 2.45) is 0 Å². The molecule has 1 aromatic carbocycles. The number of aromatic nitrogens is 1. The summed E-state index contributed by atoms with van der Waals surface area (Å²) in [6, 6.07) is 8.81. The fraction of sp³-hybridized carbons (Fsp3) is 0.353. The van der Waals surface area contributed by atoms with Gasteiger partial charge >= 0.3 is 0 Å². The average molecular weight is 347 g/mol. The van der Waals surface area contributed by atoms with Gasteiger partial charge in [-0.25, -0.2) is 12.7 Å². The minimum absolute atomic E-state index is 0.288. The number of benzene rings is 1. The Labute approximate surface area is 142 Å². The molecular weight excluding hydrogens is 326 g/mol. The molecule has 0 bridgehead atoms. The van der Waals surface area contributed by atoms with Crippen molar-refractivity contribution >= 4 is 15.7 Å². The van der Waals surface area contributed by atoms with Gasteiger partial charge in [-0.3, -0.25) is 4.98 Å². The van der Waals surface area contributed by atoms with Gasteiger partial charge in [-0.1, -0.05) is 0 Å². The monoisotopic (exact) mass is 347 g/mol. The number of likely N-dealkylation sites (N-methyl/N-ethyl adjacent to an activating group) is 2. The molecule has 24 heavy (non-hydrogen) atoms. The molecule has 0 N–H and O–H groups in total. The van der Waals surface area contributed by atoms with Gasteiger partial charge in [-0.2, -0.15) is 0 Å². The molecule has 0 unspecified atom stereocenters. The molecule has 0 amide bonds. The molecule has 2 aromatic rings. The molecule has 0 saturated heterocycles. The largest absolute Gasteiger partial charge is 0.490 e. The maximum Gasteiger partial charge on any atom is 0.242 e. The third-order valence-electron chi connectivity index (χ3n) is 4.20. The van der Waals surface area contributed by atoms with E-state index < -0.39 is 10.0 Å². The van der Waals surface area contributed by atoms with Gasteiger partial charge in [-0.15, -0.1) is 0 Å². The Kier molecular flexibility index (Phi) is 4.73. The second-order valence-corrected chi connectivity index (χ2v) is 7.88. The zero-order valence-electron chi connectivity index (χ0n) is 13.8. The standard InChI is InChI=1S/C17H21N3O3S/c1-19-11-12-23-17-4-3-15(13-16(17)19)24(21,22)20(2)10-7-14-5-8-18-9-6-14/h3-6,8-9,13H,7,10-12H2,1-2H3. The molecule has 0 fully saturated rings. The lowest BCUT2D eigenvalue weighted by Gasteiger charge is -2.28. The molecule has 2 heterocycles. The van der Waals surface area contributed by atoms with Crippen LogP contribution in [0, 0.1) is 0 Å². The van der Waals surface area contributed by atoms with Gasteiger partial charge in [0.2, 0.25) is 10.0 Å². The number of fused-ring (bicyclic) bond motifs is 1. The van der Waals surface area contributed by atoms with Crippen molar-refractivity contribution in [3.05, 3.63) is 48.3 Å². The maximum atomic E-state index is 12.8. The molecule has 1 aliphatic heterocycles. The first-order chi connectivity index (χ1) is 11.5. The smallest absolute Gasteiger partial charge is 0.242 e. The lowest BCUT2D eigenvalue weighted by atomic mass is 10.2. The summed E-state index contributed by atoms with van der Waals surface area (Å²) in [5, 5.41) is 0. The number of ether oxygens (including phenoxy) is 1.